The van der Waals surface area contributed by atoms with Crippen LogP contribution in [0.15, 0.2) is 0 Å². The van der Waals surface area contributed by atoms with Crippen molar-refractivity contribution in [2.24, 2.45) is 11.8 Å². The van der Waals surface area contributed by atoms with Gasteiger partial charge in [0.1, 0.15) is 0 Å². The number of rotatable bonds is 8. The van der Waals surface area contributed by atoms with E-state index in [2.05, 4.69) is 19.3 Å². The maximum atomic E-state index is 5.71. The third-order valence-electron chi connectivity index (χ3n) is 3.64. The zero-order valence-electron chi connectivity index (χ0n) is 11.3. The quantitative estimate of drug-likeness (QED) is 0.505. The Morgan fingerprint density at radius 3 is 2.71 bits per heavy atom. The van der Waals surface area contributed by atoms with E-state index in [0.717, 1.165) is 12.3 Å². The second kappa shape index (κ2) is 8.86. The normalized spacial score (nSPS) is 24.5. The fourth-order valence-corrected chi connectivity index (χ4v) is 2.41. The lowest BCUT2D eigenvalue weighted by Crippen LogP contribution is -2.50. The molecular weight excluding hydrogens is 216 g/mol. The molecule has 3 N–H and O–H groups in total. The minimum absolute atomic E-state index is 0.115. The van der Waals surface area contributed by atoms with Crippen LogP contribution in [-0.2, 0) is 9.47 Å². The van der Waals surface area contributed by atoms with Gasteiger partial charge < -0.3 is 9.47 Å². The fourth-order valence-electron chi connectivity index (χ4n) is 2.41. The van der Waals surface area contributed by atoms with Crippen molar-refractivity contribution in [3.05, 3.63) is 0 Å². The Kier molecular flexibility index (Phi) is 7.77. The van der Waals surface area contributed by atoms with Gasteiger partial charge >= 0.3 is 0 Å². The minimum atomic E-state index is 0.115. The zero-order chi connectivity index (χ0) is 12.5. The first-order chi connectivity index (χ1) is 8.31. The number of unbranched alkanes of at least 4 members (excludes halogenated alkanes) is 1. The molecule has 1 rings (SSSR count). The lowest BCUT2D eigenvalue weighted by Gasteiger charge is -2.32. The summed E-state index contributed by atoms with van der Waals surface area (Å²) in [6.07, 6.45) is 6.27. The first kappa shape index (κ1) is 14.9. The second-order valence-electron chi connectivity index (χ2n) is 4.91. The van der Waals surface area contributed by atoms with Gasteiger partial charge in [-0.1, -0.05) is 39.5 Å². The van der Waals surface area contributed by atoms with Crippen LogP contribution in [-0.4, -0.2) is 32.0 Å². The number of nitrogens with one attached hydrogen (secondary N) is 1. The van der Waals surface area contributed by atoms with Crippen LogP contribution in [0.1, 0.15) is 46.0 Å². The van der Waals surface area contributed by atoms with Gasteiger partial charge in [-0.15, -0.1) is 0 Å². The van der Waals surface area contributed by atoms with Gasteiger partial charge in [-0.2, -0.15) is 0 Å². The van der Waals surface area contributed by atoms with Gasteiger partial charge in [0.15, 0.2) is 0 Å². The Morgan fingerprint density at radius 1 is 1.35 bits per heavy atom. The minimum Gasteiger partial charge on any atom is -0.376 e. The molecule has 3 unspecified atom stereocenters. The molecule has 1 aliphatic rings. The highest BCUT2D eigenvalue weighted by Crippen LogP contribution is 2.21. The third kappa shape index (κ3) is 5.34. The summed E-state index contributed by atoms with van der Waals surface area (Å²) in [7, 11) is 0. The van der Waals surface area contributed by atoms with Gasteiger partial charge in [0.25, 0.3) is 0 Å². The fraction of sp³-hybridized carbons (Fsp3) is 1.00. The average Bonchev–Trinajstić information content (AvgIpc) is 2.40. The molecule has 0 saturated carbocycles. The Balaban J connectivity index is 2.36. The van der Waals surface area contributed by atoms with Crippen LogP contribution in [0.4, 0.5) is 0 Å². The lowest BCUT2D eigenvalue weighted by molar-refractivity contribution is -0.104. The number of hydrazine groups is 1. The zero-order valence-corrected chi connectivity index (χ0v) is 11.3. The average molecular weight is 244 g/mol. The molecule has 4 heteroatoms. The summed E-state index contributed by atoms with van der Waals surface area (Å²) < 4.78 is 11.2. The third-order valence-corrected chi connectivity index (χ3v) is 3.64. The molecule has 0 amide bonds. The van der Waals surface area contributed by atoms with Crippen LogP contribution in [0.2, 0.25) is 0 Å². The molecule has 0 bridgehead atoms. The Morgan fingerprint density at radius 2 is 2.18 bits per heavy atom. The summed E-state index contributed by atoms with van der Waals surface area (Å²) in [5.74, 6) is 6.39. The molecular formula is C13H28N2O2. The molecule has 1 saturated heterocycles. The van der Waals surface area contributed by atoms with Crippen LogP contribution < -0.4 is 11.3 Å². The van der Waals surface area contributed by atoms with Crippen LogP contribution in [0.25, 0.3) is 0 Å². The first-order valence-electron chi connectivity index (χ1n) is 6.97. The maximum absolute atomic E-state index is 5.71. The Labute approximate surface area is 105 Å². The predicted octanol–water partition coefficient (Wildman–Crippen LogP) is 1.84. The molecule has 0 aromatic carbocycles. The van der Waals surface area contributed by atoms with Crippen molar-refractivity contribution < 1.29 is 9.47 Å². The summed E-state index contributed by atoms with van der Waals surface area (Å²) in [5, 5.41) is 0. The number of hydrogen-bond donors (Lipinski definition) is 2. The summed E-state index contributed by atoms with van der Waals surface area (Å²) in [6.45, 7) is 6.56. The van der Waals surface area contributed by atoms with Crippen molar-refractivity contribution in [2.45, 2.75) is 58.1 Å². The molecule has 1 aliphatic heterocycles. The molecule has 4 nitrogen and oxygen atoms in total. The highest BCUT2D eigenvalue weighted by molar-refractivity contribution is 4.79. The van der Waals surface area contributed by atoms with E-state index in [-0.39, 0.29) is 12.1 Å². The van der Waals surface area contributed by atoms with Crippen molar-refractivity contribution in [2.75, 3.05) is 19.8 Å². The molecule has 0 aromatic heterocycles. The molecule has 0 radical (unpaired) electrons. The van der Waals surface area contributed by atoms with Gasteiger partial charge in [-0.3, -0.25) is 11.3 Å². The Hall–Kier alpha value is -0.160. The van der Waals surface area contributed by atoms with E-state index >= 15 is 0 Å². The topological polar surface area (TPSA) is 56.5 Å². The predicted molar refractivity (Wildman–Crippen MR) is 69.6 cm³/mol. The molecule has 17 heavy (non-hydrogen) atoms. The molecule has 0 aromatic rings. The van der Waals surface area contributed by atoms with E-state index in [1.54, 1.807) is 0 Å². The van der Waals surface area contributed by atoms with Crippen LogP contribution in [0, 0.1) is 5.92 Å². The summed E-state index contributed by atoms with van der Waals surface area (Å²) in [6, 6.07) is 0.220. The highest BCUT2D eigenvalue weighted by atomic mass is 16.6. The SMILES string of the molecule is CCCCC(CC)CC(NN)C1COCCO1. The van der Waals surface area contributed by atoms with E-state index in [0.29, 0.717) is 19.8 Å². The van der Waals surface area contributed by atoms with E-state index in [1.807, 2.05) is 0 Å². The van der Waals surface area contributed by atoms with E-state index < -0.39 is 0 Å². The van der Waals surface area contributed by atoms with Crippen LogP contribution in [0.5, 0.6) is 0 Å². The number of ether oxygens (including phenoxy) is 2. The van der Waals surface area contributed by atoms with Gasteiger partial charge in [0.05, 0.1) is 25.9 Å². The molecule has 102 valence electrons. The molecule has 0 aliphatic carbocycles. The van der Waals surface area contributed by atoms with Crippen LogP contribution >= 0.6 is 0 Å². The summed E-state index contributed by atoms with van der Waals surface area (Å²) >= 11 is 0. The highest BCUT2D eigenvalue weighted by Gasteiger charge is 2.26. The van der Waals surface area contributed by atoms with Crippen molar-refractivity contribution in [3.63, 3.8) is 0 Å². The molecule has 1 fully saturated rings. The monoisotopic (exact) mass is 244 g/mol. The molecule has 3 atom stereocenters. The van der Waals surface area contributed by atoms with Crippen molar-refractivity contribution in [1.82, 2.24) is 5.43 Å². The summed E-state index contributed by atoms with van der Waals surface area (Å²) in [4.78, 5) is 0. The smallest absolute Gasteiger partial charge is 0.0975 e. The van der Waals surface area contributed by atoms with Gasteiger partial charge in [-0.05, 0) is 12.3 Å². The first-order valence-corrected chi connectivity index (χ1v) is 6.97. The van der Waals surface area contributed by atoms with Crippen molar-refractivity contribution >= 4 is 0 Å². The van der Waals surface area contributed by atoms with Crippen LogP contribution in [0.3, 0.4) is 0 Å². The van der Waals surface area contributed by atoms with E-state index in [4.69, 9.17) is 15.3 Å². The van der Waals surface area contributed by atoms with Gasteiger partial charge in [-0.25, -0.2) is 0 Å². The van der Waals surface area contributed by atoms with Crippen molar-refractivity contribution in [1.29, 1.82) is 0 Å². The lowest BCUT2D eigenvalue weighted by atomic mass is 9.90. The number of hydrogen-bond acceptors (Lipinski definition) is 4. The molecule has 1 heterocycles. The van der Waals surface area contributed by atoms with Crippen molar-refractivity contribution in [3.8, 4) is 0 Å². The second-order valence-corrected chi connectivity index (χ2v) is 4.91. The van der Waals surface area contributed by atoms with E-state index in [1.165, 1.54) is 25.7 Å². The largest absolute Gasteiger partial charge is 0.376 e. The molecule has 0 spiro atoms. The van der Waals surface area contributed by atoms with Gasteiger partial charge in [0, 0.05) is 6.04 Å². The maximum Gasteiger partial charge on any atom is 0.0975 e. The standard InChI is InChI=1S/C13H28N2O2/c1-3-5-6-11(4-2)9-12(15-14)13-10-16-7-8-17-13/h11-13,15H,3-10,14H2,1-2H3. The van der Waals surface area contributed by atoms with Gasteiger partial charge in [0.2, 0.25) is 0 Å². The van der Waals surface area contributed by atoms with E-state index in [9.17, 15) is 0 Å². The Bertz CT molecular complexity index is 184. The number of nitrogens with two attached hydrogens (primary N) is 1. The summed E-state index contributed by atoms with van der Waals surface area (Å²) in [5.41, 5.74) is 2.91.